The Hall–Kier alpha value is 0.0569. The molecule has 0 amide bonds. The van der Waals surface area contributed by atoms with E-state index in [1.54, 1.807) is 0 Å². The highest BCUT2D eigenvalue weighted by Gasteiger charge is 2.40. The maximum atomic E-state index is 8.53. The van der Waals surface area contributed by atoms with E-state index in [1.165, 1.54) is 0 Å². The molecule has 0 fully saturated rings. The molecule has 1 unspecified atom stereocenters. The second-order valence-electron chi connectivity index (χ2n) is 5.99. The summed E-state index contributed by atoms with van der Waals surface area (Å²) >= 11 is 0. The van der Waals surface area contributed by atoms with Crippen LogP contribution in [0.1, 0.15) is 20.8 Å². The van der Waals surface area contributed by atoms with Crippen molar-refractivity contribution in [2.75, 3.05) is 33.0 Å². The van der Waals surface area contributed by atoms with Gasteiger partial charge in [0.1, 0.15) is 0 Å². The van der Waals surface area contributed by atoms with E-state index in [1.807, 2.05) is 0 Å². The van der Waals surface area contributed by atoms with Gasteiger partial charge in [0, 0.05) is 5.67 Å². The molecule has 104 valence electrons. The van der Waals surface area contributed by atoms with Gasteiger partial charge in [-0.1, -0.05) is 33.9 Å². The van der Waals surface area contributed by atoms with Crippen molar-refractivity contribution >= 4 is 8.07 Å². The second kappa shape index (κ2) is 7.48. The van der Waals surface area contributed by atoms with Crippen LogP contribution in [0.5, 0.6) is 0 Å². The fraction of sp³-hybridized carbons (Fsp3) is 1.00. The lowest BCUT2D eigenvalue weighted by Gasteiger charge is -2.41. The normalized spacial score (nSPS) is 15.0. The lowest BCUT2D eigenvalue weighted by Crippen LogP contribution is -2.56. The SMILES string of the molecule is CC(C)(C)[Si](C)(C)C(N)COCCOCCO. The van der Waals surface area contributed by atoms with Crippen LogP contribution in [0.2, 0.25) is 18.1 Å². The highest BCUT2D eigenvalue weighted by atomic mass is 28.3. The van der Waals surface area contributed by atoms with Crippen molar-refractivity contribution in [1.82, 2.24) is 0 Å². The summed E-state index contributed by atoms with van der Waals surface area (Å²) in [6.07, 6.45) is 0. The smallest absolute Gasteiger partial charge is 0.0745 e. The first-order valence-electron chi connectivity index (χ1n) is 6.25. The molecule has 0 heterocycles. The number of aliphatic hydroxyl groups is 1. The van der Waals surface area contributed by atoms with E-state index in [0.29, 0.717) is 26.4 Å². The summed E-state index contributed by atoms with van der Waals surface area (Å²) in [5.74, 6) is 0. The Morgan fingerprint density at radius 1 is 1.12 bits per heavy atom. The maximum Gasteiger partial charge on any atom is 0.0745 e. The molecule has 4 nitrogen and oxygen atoms in total. The van der Waals surface area contributed by atoms with Gasteiger partial charge >= 0.3 is 0 Å². The maximum absolute atomic E-state index is 8.53. The summed E-state index contributed by atoms with van der Waals surface area (Å²) in [5.41, 5.74) is 6.37. The van der Waals surface area contributed by atoms with Gasteiger partial charge in [-0.3, -0.25) is 0 Å². The second-order valence-corrected chi connectivity index (χ2v) is 11.7. The lowest BCUT2D eigenvalue weighted by atomic mass is 10.2. The van der Waals surface area contributed by atoms with Crippen molar-refractivity contribution in [3.63, 3.8) is 0 Å². The molecule has 0 aromatic carbocycles. The molecule has 0 rings (SSSR count). The Morgan fingerprint density at radius 3 is 2.12 bits per heavy atom. The fourth-order valence-corrected chi connectivity index (χ4v) is 2.91. The summed E-state index contributed by atoms with van der Waals surface area (Å²) < 4.78 is 10.6. The van der Waals surface area contributed by atoms with Crippen molar-refractivity contribution in [3.8, 4) is 0 Å². The van der Waals surface area contributed by atoms with Gasteiger partial charge in [0.15, 0.2) is 0 Å². The molecule has 0 aliphatic rings. The largest absolute Gasteiger partial charge is 0.394 e. The molecule has 0 radical (unpaired) electrons. The Balaban J connectivity index is 3.82. The van der Waals surface area contributed by atoms with Crippen LogP contribution in [-0.4, -0.2) is 51.9 Å². The van der Waals surface area contributed by atoms with E-state index in [4.69, 9.17) is 20.3 Å². The molecule has 0 saturated heterocycles. The monoisotopic (exact) mass is 263 g/mol. The lowest BCUT2D eigenvalue weighted by molar-refractivity contribution is 0.0328. The Kier molecular flexibility index (Phi) is 7.51. The quantitative estimate of drug-likeness (QED) is 0.513. The minimum Gasteiger partial charge on any atom is -0.394 e. The van der Waals surface area contributed by atoms with Crippen LogP contribution in [0.15, 0.2) is 0 Å². The van der Waals surface area contributed by atoms with E-state index in [0.717, 1.165) is 0 Å². The van der Waals surface area contributed by atoms with Crippen LogP contribution in [0.25, 0.3) is 0 Å². The van der Waals surface area contributed by atoms with E-state index >= 15 is 0 Å². The third kappa shape index (κ3) is 5.97. The minimum absolute atomic E-state index is 0.0590. The van der Waals surface area contributed by atoms with Gasteiger partial charge < -0.3 is 20.3 Å². The number of nitrogens with two attached hydrogens (primary N) is 1. The number of hydrogen-bond acceptors (Lipinski definition) is 4. The first-order chi connectivity index (χ1) is 7.73. The van der Waals surface area contributed by atoms with Gasteiger partial charge in [-0.2, -0.15) is 0 Å². The summed E-state index contributed by atoms with van der Waals surface area (Å²) in [5, 5.41) is 8.81. The summed E-state index contributed by atoms with van der Waals surface area (Å²) in [6, 6.07) is 0. The third-order valence-corrected chi connectivity index (χ3v) is 9.65. The topological polar surface area (TPSA) is 64.7 Å². The van der Waals surface area contributed by atoms with E-state index in [9.17, 15) is 0 Å². The molecule has 1 atom stereocenters. The van der Waals surface area contributed by atoms with Crippen molar-refractivity contribution in [1.29, 1.82) is 0 Å². The summed E-state index contributed by atoms with van der Waals surface area (Å²) in [7, 11) is -1.51. The summed E-state index contributed by atoms with van der Waals surface area (Å²) in [6.45, 7) is 13.5. The zero-order valence-corrected chi connectivity index (χ0v) is 13.0. The molecule has 0 bridgehead atoms. The average molecular weight is 263 g/mol. The molecule has 0 aromatic heterocycles. The fourth-order valence-electron chi connectivity index (χ4n) is 1.26. The molecular weight excluding hydrogens is 234 g/mol. The van der Waals surface area contributed by atoms with Crippen molar-refractivity contribution in [2.45, 2.75) is 44.6 Å². The van der Waals surface area contributed by atoms with Crippen molar-refractivity contribution in [3.05, 3.63) is 0 Å². The van der Waals surface area contributed by atoms with E-state index < -0.39 is 8.07 Å². The van der Waals surface area contributed by atoms with Crippen molar-refractivity contribution in [2.24, 2.45) is 5.73 Å². The first kappa shape index (κ1) is 17.1. The predicted molar refractivity (Wildman–Crippen MR) is 73.9 cm³/mol. The van der Waals surface area contributed by atoms with Gasteiger partial charge in [0.2, 0.25) is 0 Å². The molecule has 0 spiro atoms. The van der Waals surface area contributed by atoms with Gasteiger partial charge in [0.05, 0.1) is 41.1 Å². The highest BCUT2D eigenvalue weighted by Crippen LogP contribution is 2.37. The van der Waals surface area contributed by atoms with E-state index in [2.05, 4.69) is 33.9 Å². The molecule has 5 heteroatoms. The van der Waals surface area contributed by atoms with Crippen LogP contribution < -0.4 is 5.73 Å². The molecule has 3 N–H and O–H groups in total. The zero-order valence-electron chi connectivity index (χ0n) is 12.0. The molecule has 0 aliphatic heterocycles. The van der Waals surface area contributed by atoms with Crippen LogP contribution in [0.3, 0.4) is 0 Å². The Bertz CT molecular complexity index is 204. The molecule has 0 aliphatic carbocycles. The number of hydrogen-bond donors (Lipinski definition) is 2. The number of rotatable bonds is 8. The Morgan fingerprint density at radius 2 is 1.65 bits per heavy atom. The molecule has 17 heavy (non-hydrogen) atoms. The minimum atomic E-state index is -1.51. The van der Waals surface area contributed by atoms with Crippen LogP contribution >= 0.6 is 0 Å². The van der Waals surface area contributed by atoms with Gasteiger partial charge in [0.25, 0.3) is 0 Å². The van der Waals surface area contributed by atoms with Gasteiger partial charge in [-0.05, 0) is 5.04 Å². The standard InChI is InChI=1S/C12H29NO3Si/c1-12(2,3)17(4,5)11(13)10-16-9-8-15-7-6-14/h11,14H,6-10,13H2,1-5H3. The zero-order chi connectivity index (χ0) is 13.5. The average Bonchev–Trinajstić information content (AvgIpc) is 2.21. The van der Waals surface area contributed by atoms with Crippen LogP contribution in [0, 0.1) is 0 Å². The Labute approximate surface area is 106 Å². The predicted octanol–water partition coefficient (Wildman–Crippen LogP) is 1.39. The van der Waals surface area contributed by atoms with E-state index in [-0.39, 0.29) is 17.3 Å². The van der Waals surface area contributed by atoms with Crippen molar-refractivity contribution < 1.29 is 14.6 Å². The first-order valence-corrected chi connectivity index (χ1v) is 9.33. The van der Waals surface area contributed by atoms with Crippen LogP contribution in [0.4, 0.5) is 0 Å². The molecular formula is C12H29NO3Si. The van der Waals surface area contributed by atoms with Gasteiger partial charge in [-0.15, -0.1) is 0 Å². The highest BCUT2D eigenvalue weighted by molar-refractivity contribution is 6.81. The summed E-state index contributed by atoms with van der Waals surface area (Å²) in [4.78, 5) is 0. The third-order valence-electron chi connectivity index (χ3n) is 3.77. The number of aliphatic hydroxyl groups excluding tert-OH is 1. The molecule has 0 aromatic rings. The van der Waals surface area contributed by atoms with Gasteiger partial charge in [-0.25, -0.2) is 0 Å². The number of ether oxygens (including phenoxy) is 2. The van der Waals surface area contributed by atoms with Crippen LogP contribution in [-0.2, 0) is 9.47 Å². The molecule has 0 saturated carbocycles.